The first-order valence-electron chi connectivity index (χ1n) is 6.00. The number of hydrogen-bond donors (Lipinski definition) is 2. The summed E-state index contributed by atoms with van der Waals surface area (Å²) in [6.07, 6.45) is -0.688. The van der Waals surface area contributed by atoms with Crippen LogP contribution in [0.3, 0.4) is 0 Å². The molecule has 2 rings (SSSR count). The fraction of sp³-hybridized carbons (Fsp3) is 0.200. The Morgan fingerprint density at radius 3 is 2.42 bits per heavy atom. The van der Waals surface area contributed by atoms with Gasteiger partial charge in [0.2, 0.25) is 0 Å². The standard InChI is InChI=1S/C15H17NO3/c1-18-13-8-5-9-14(15(13)16)19-10-12(17)11-6-3-2-4-7-11/h2-9,12,17H,10,16H2,1H3. The molecule has 0 aliphatic carbocycles. The van der Waals surface area contributed by atoms with Gasteiger partial charge in [-0.2, -0.15) is 0 Å². The van der Waals surface area contributed by atoms with E-state index in [-0.39, 0.29) is 6.61 Å². The number of aliphatic hydroxyl groups is 1. The quantitative estimate of drug-likeness (QED) is 0.809. The van der Waals surface area contributed by atoms with Crippen LogP contribution < -0.4 is 15.2 Å². The largest absolute Gasteiger partial charge is 0.494 e. The topological polar surface area (TPSA) is 64.7 Å². The molecule has 0 bridgehead atoms. The van der Waals surface area contributed by atoms with Crippen molar-refractivity contribution in [2.24, 2.45) is 0 Å². The summed E-state index contributed by atoms with van der Waals surface area (Å²) in [5, 5.41) is 10.0. The molecule has 4 heteroatoms. The van der Waals surface area contributed by atoms with Gasteiger partial charge in [0.25, 0.3) is 0 Å². The van der Waals surface area contributed by atoms with Crippen molar-refractivity contribution in [3.8, 4) is 11.5 Å². The molecule has 2 aromatic rings. The van der Waals surface area contributed by atoms with Crippen molar-refractivity contribution < 1.29 is 14.6 Å². The lowest BCUT2D eigenvalue weighted by Crippen LogP contribution is -2.10. The van der Waals surface area contributed by atoms with Crippen LogP contribution in [0.1, 0.15) is 11.7 Å². The van der Waals surface area contributed by atoms with Gasteiger partial charge in [0.15, 0.2) is 0 Å². The van der Waals surface area contributed by atoms with Crippen molar-refractivity contribution in [3.63, 3.8) is 0 Å². The average Bonchev–Trinajstić information content (AvgIpc) is 2.47. The molecule has 19 heavy (non-hydrogen) atoms. The highest BCUT2D eigenvalue weighted by Crippen LogP contribution is 2.31. The minimum absolute atomic E-state index is 0.140. The predicted molar refractivity (Wildman–Crippen MR) is 74.3 cm³/mol. The van der Waals surface area contributed by atoms with Crippen LogP contribution in [0.15, 0.2) is 48.5 Å². The first kappa shape index (κ1) is 13.2. The third-order valence-electron chi connectivity index (χ3n) is 2.83. The number of hydrogen-bond acceptors (Lipinski definition) is 4. The molecule has 0 saturated heterocycles. The highest BCUT2D eigenvalue weighted by molar-refractivity contribution is 5.62. The first-order chi connectivity index (χ1) is 9.22. The molecule has 0 saturated carbocycles. The SMILES string of the molecule is COc1cccc(OCC(O)c2ccccc2)c1N. The zero-order valence-corrected chi connectivity index (χ0v) is 10.7. The fourth-order valence-electron chi connectivity index (χ4n) is 1.77. The summed E-state index contributed by atoms with van der Waals surface area (Å²) >= 11 is 0. The maximum Gasteiger partial charge on any atom is 0.146 e. The van der Waals surface area contributed by atoms with E-state index < -0.39 is 6.10 Å². The maximum absolute atomic E-state index is 10.0. The maximum atomic E-state index is 10.0. The highest BCUT2D eigenvalue weighted by atomic mass is 16.5. The monoisotopic (exact) mass is 259 g/mol. The summed E-state index contributed by atoms with van der Waals surface area (Å²) < 4.78 is 10.7. The molecular weight excluding hydrogens is 242 g/mol. The molecule has 0 aliphatic heterocycles. The van der Waals surface area contributed by atoms with Crippen LogP contribution in [0.5, 0.6) is 11.5 Å². The minimum Gasteiger partial charge on any atom is -0.494 e. The summed E-state index contributed by atoms with van der Waals surface area (Å²) in [6.45, 7) is 0.140. The second kappa shape index (κ2) is 6.11. The molecule has 0 aromatic heterocycles. The number of nitrogens with two attached hydrogens (primary N) is 1. The van der Waals surface area contributed by atoms with Crippen LogP contribution >= 0.6 is 0 Å². The van der Waals surface area contributed by atoms with E-state index in [2.05, 4.69) is 0 Å². The predicted octanol–water partition coefficient (Wildman–Crippen LogP) is 2.39. The summed E-state index contributed by atoms with van der Waals surface area (Å²) in [5.74, 6) is 1.07. The average molecular weight is 259 g/mol. The van der Waals surface area contributed by atoms with Crippen molar-refractivity contribution in [3.05, 3.63) is 54.1 Å². The van der Waals surface area contributed by atoms with Gasteiger partial charge in [0.05, 0.1) is 7.11 Å². The molecule has 100 valence electrons. The van der Waals surface area contributed by atoms with Crippen molar-refractivity contribution in [2.45, 2.75) is 6.10 Å². The zero-order chi connectivity index (χ0) is 13.7. The van der Waals surface area contributed by atoms with Crippen LogP contribution in [0, 0.1) is 0 Å². The number of benzene rings is 2. The first-order valence-corrected chi connectivity index (χ1v) is 6.00. The second-order valence-electron chi connectivity index (χ2n) is 4.11. The molecule has 4 nitrogen and oxygen atoms in total. The minimum atomic E-state index is -0.688. The van der Waals surface area contributed by atoms with Crippen molar-refractivity contribution in [2.75, 3.05) is 19.5 Å². The number of ether oxygens (including phenoxy) is 2. The molecule has 0 fully saturated rings. The lowest BCUT2D eigenvalue weighted by molar-refractivity contribution is 0.108. The van der Waals surface area contributed by atoms with E-state index in [1.54, 1.807) is 25.3 Å². The van der Waals surface area contributed by atoms with Crippen LogP contribution in [0.4, 0.5) is 5.69 Å². The molecule has 2 aromatic carbocycles. The van der Waals surface area contributed by atoms with E-state index in [0.29, 0.717) is 17.2 Å². The molecule has 0 aliphatic rings. The van der Waals surface area contributed by atoms with Crippen LogP contribution in [-0.4, -0.2) is 18.8 Å². The number of rotatable bonds is 5. The van der Waals surface area contributed by atoms with E-state index in [0.717, 1.165) is 5.56 Å². The molecule has 0 spiro atoms. The van der Waals surface area contributed by atoms with Gasteiger partial charge in [-0.3, -0.25) is 0 Å². The Balaban J connectivity index is 2.03. The Labute approximate surface area is 112 Å². The Morgan fingerprint density at radius 2 is 1.74 bits per heavy atom. The second-order valence-corrected chi connectivity index (χ2v) is 4.11. The number of anilines is 1. The van der Waals surface area contributed by atoms with E-state index in [9.17, 15) is 5.11 Å². The van der Waals surface area contributed by atoms with Gasteiger partial charge in [0, 0.05) is 0 Å². The van der Waals surface area contributed by atoms with Crippen LogP contribution in [-0.2, 0) is 0 Å². The Morgan fingerprint density at radius 1 is 1.05 bits per heavy atom. The number of nitrogen functional groups attached to an aromatic ring is 1. The number of aliphatic hydroxyl groups excluding tert-OH is 1. The lowest BCUT2D eigenvalue weighted by atomic mass is 10.1. The Hall–Kier alpha value is -2.20. The van der Waals surface area contributed by atoms with Gasteiger partial charge >= 0.3 is 0 Å². The third-order valence-corrected chi connectivity index (χ3v) is 2.83. The van der Waals surface area contributed by atoms with Gasteiger partial charge in [-0.15, -0.1) is 0 Å². The molecule has 0 radical (unpaired) electrons. The molecule has 1 atom stereocenters. The Bertz CT molecular complexity index is 528. The molecule has 1 unspecified atom stereocenters. The Kier molecular flexibility index (Phi) is 4.26. The molecule has 0 amide bonds. The van der Waals surface area contributed by atoms with E-state index >= 15 is 0 Å². The summed E-state index contributed by atoms with van der Waals surface area (Å²) in [6, 6.07) is 14.6. The summed E-state index contributed by atoms with van der Waals surface area (Å²) in [7, 11) is 1.55. The smallest absolute Gasteiger partial charge is 0.146 e. The van der Waals surface area contributed by atoms with E-state index in [4.69, 9.17) is 15.2 Å². The fourth-order valence-corrected chi connectivity index (χ4v) is 1.77. The zero-order valence-electron chi connectivity index (χ0n) is 10.7. The molecule has 0 heterocycles. The lowest BCUT2D eigenvalue weighted by Gasteiger charge is -2.15. The molecule has 3 N–H and O–H groups in total. The summed E-state index contributed by atoms with van der Waals surface area (Å²) in [4.78, 5) is 0. The third kappa shape index (κ3) is 3.17. The number of methoxy groups -OCH3 is 1. The van der Waals surface area contributed by atoms with Crippen molar-refractivity contribution >= 4 is 5.69 Å². The van der Waals surface area contributed by atoms with Gasteiger partial charge in [0.1, 0.15) is 29.9 Å². The van der Waals surface area contributed by atoms with Crippen LogP contribution in [0.2, 0.25) is 0 Å². The van der Waals surface area contributed by atoms with Gasteiger partial charge < -0.3 is 20.3 Å². The number of para-hydroxylation sites is 1. The van der Waals surface area contributed by atoms with Crippen molar-refractivity contribution in [1.29, 1.82) is 0 Å². The van der Waals surface area contributed by atoms with Crippen molar-refractivity contribution in [1.82, 2.24) is 0 Å². The summed E-state index contributed by atoms with van der Waals surface area (Å²) in [5.41, 5.74) is 7.13. The van der Waals surface area contributed by atoms with Crippen LogP contribution in [0.25, 0.3) is 0 Å². The normalized spacial score (nSPS) is 11.9. The highest BCUT2D eigenvalue weighted by Gasteiger charge is 2.11. The van der Waals surface area contributed by atoms with Gasteiger partial charge in [-0.1, -0.05) is 36.4 Å². The molecular formula is C15H17NO3. The van der Waals surface area contributed by atoms with Gasteiger partial charge in [-0.05, 0) is 17.7 Å². The van der Waals surface area contributed by atoms with E-state index in [1.807, 2.05) is 30.3 Å². The van der Waals surface area contributed by atoms with E-state index in [1.165, 1.54) is 0 Å². The van der Waals surface area contributed by atoms with Gasteiger partial charge in [-0.25, -0.2) is 0 Å².